The smallest absolute Gasteiger partial charge is 0.0719 e. The zero-order chi connectivity index (χ0) is 9.26. The summed E-state index contributed by atoms with van der Waals surface area (Å²) < 4.78 is 0. The van der Waals surface area contributed by atoms with Crippen molar-refractivity contribution >= 4 is 17.5 Å². The third-order valence-corrected chi connectivity index (χ3v) is 3.00. The van der Waals surface area contributed by atoms with Gasteiger partial charge in [0.1, 0.15) is 0 Å². The van der Waals surface area contributed by atoms with E-state index in [9.17, 15) is 0 Å². The van der Waals surface area contributed by atoms with Gasteiger partial charge in [-0.1, -0.05) is 48.7 Å². The Labute approximate surface area is 82.8 Å². The molecule has 1 aliphatic rings. The van der Waals surface area contributed by atoms with Gasteiger partial charge in [0.05, 0.1) is 10.7 Å². The molecule has 0 amide bonds. The van der Waals surface area contributed by atoms with Crippen molar-refractivity contribution in [1.29, 1.82) is 0 Å². The van der Waals surface area contributed by atoms with Crippen LogP contribution in [-0.2, 0) is 0 Å². The maximum absolute atomic E-state index is 3.95. The maximum Gasteiger partial charge on any atom is 0.0719 e. The Hall–Kier alpha value is -1.15. The van der Waals surface area contributed by atoms with E-state index in [1.807, 2.05) is 13.1 Å². The Balaban J connectivity index is 2.34. The summed E-state index contributed by atoms with van der Waals surface area (Å²) in [5.41, 5.74) is 2.48. The Bertz CT molecular complexity index is 354. The van der Waals surface area contributed by atoms with Gasteiger partial charge in [-0.2, -0.15) is 0 Å². The van der Waals surface area contributed by atoms with Crippen molar-refractivity contribution < 1.29 is 0 Å². The van der Waals surface area contributed by atoms with Crippen molar-refractivity contribution in [2.24, 2.45) is 0 Å². The Morgan fingerprint density at radius 2 is 1.92 bits per heavy atom. The zero-order valence-corrected chi connectivity index (χ0v) is 8.34. The molecule has 66 valence electrons. The molecular weight excluding hydrogens is 178 g/mol. The van der Waals surface area contributed by atoms with Gasteiger partial charge in [0.15, 0.2) is 0 Å². The maximum atomic E-state index is 3.95. The molecule has 0 spiro atoms. The average Bonchev–Trinajstić information content (AvgIpc) is 2.49. The first-order chi connectivity index (χ1) is 6.29. The highest BCUT2D eigenvalue weighted by molar-refractivity contribution is 8.06. The number of nitrogens with zero attached hydrogens (tertiary/aromatic N) is 1. The molecule has 1 aromatic rings. The molecule has 1 nitrogen and oxygen atoms in total. The highest BCUT2D eigenvalue weighted by Gasteiger charge is 2.15. The van der Waals surface area contributed by atoms with Gasteiger partial charge < -0.3 is 4.90 Å². The number of thioether (sulfide) groups is 1. The van der Waals surface area contributed by atoms with Gasteiger partial charge in [0.25, 0.3) is 0 Å². The first-order valence-electron chi connectivity index (χ1n) is 4.14. The van der Waals surface area contributed by atoms with E-state index in [1.54, 1.807) is 11.8 Å². The third-order valence-electron chi connectivity index (χ3n) is 2.11. The standard InChI is InChI=1S/C11H11NS/c1-9-12(2)11(8-13-9)10-6-4-3-5-7-10/h3-8H,1H2,2H3. The largest absolute Gasteiger partial charge is 0.339 e. The van der Waals surface area contributed by atoms with Gasteiger partial charge in [-0.25, -0.2) is 0 Å². The molecule has 0 radical (unpaired) electrons. The van der Waals surface area contributed by atoms with E-state index >= 15 is 0 Å². The van der Waals surface area contributed by atoms with Crippen LogP contribution in [0.25, 0.3) is 5.70 Å². The van der Waals surface area contributed by atoms with Gasteiger partial charge in [0, 0.05) is 12.5 Å². The minimum atomic E-state index is 1.08. The summed E-state index contributed by atoms with van der Waals surface area (Å²) in [7, 11) is 2.04. The van der Waals surface area contributed by atoms with Crippen LogP contribution in [0.1, 0.15) is 5.56 Å². The van der Waals surface area contributed by atoms with Crippen molar-refractivity contribution in [3.63, 3.8) is 0 Å². The van der Waals surface area contributed by atoms with Crippen molar-refractivity contribution in [2.75, 3.05) is 7.05 Å². The molecule has 2 heteroatoms. The molecule has 0 atom stereocenters. The molecule has 0 fully saturated rings. The fourth-order valence-corrected chi connectivity index (χ4v) is 2.09. The molecule has 0 bridgehead atoms. The van der Waals surface area contributed by atoms with Crippen LogP contribution in [0.2, 0.25) is 0 Å². The zero-order valence-electron chi connectivity index (χ0n) is 7.53. The van der Waals surface area contributed by atoms with E-state index in [1.165, 1.54) is 11.3 Å². The van der Waals surface area contributed by atoms with E-state index in [-0.39, 0.29) is 0 Å². The monoisotopic (exact) mass is 189 g/mol. The lowest BCUT2D eigenvalue weighted by Gasteiger charge is -2.16. The third kappa shape index (κ3) is 1.49. The van der Waals surface area contributed by atoms with Crippen LogP contribution in [0.15, 0.2) is 47.3 Å². The minimum Gasteiger partial charge on any atom is -0.339 e. The van der Waals surface area contributed by atoms with Gasteiger partial charge in [-0.3, -0.25) is 0 Å². The second-order valence-corrected chi connectivity index (χ2v) is 3.88. The molecule has 0 saturated heterocycles. The summed E-state index contributed by atoms with van der Waals surface area (Å²) in [6.07, 6.45) is 0. The van der Waals surface area contributed by atoms with Crippen LogP contribution in [0, 0.1) is 0 Å². The number of hydrogen-bond donors (Lipinski definition) is 0. The summed E-state index contributed by atoms with van der Waals surface area (Å²) in [6.45, 7) is 3.95. The Kier molecular flexibility index (Phi) is 2.15. The van der Waals surface area contributed by atoms with Gasteiger partial charge >= 0.3 is 0 Å². The van der Waals surface area contributed by atoms with Gasteiger partial charge in [0.2, 0.25) is 0 Å². The molecule has 0 aromatic heterocycles. The molecule has 0 N–H and O–H groups in total. The first kappa shape index (κ1) is 8.45. The van der Waals surface area contributed by atoms with Crippen molar-refractivity contribution in [3.05, 3.63) is 52.9 Å². The lowest BCUT2D eigenvalue weighted by molar-refractivity contribution is 0.650. The van der Waals surface area contributed by atoms with Crippen LogP contribution in [-0.4, -0.2) is 11.9 Å². The van der Waals surface area contributed by atoms with Crippen LogP contribution < -0.4 is 0 Å². The summed E-state index contributed by atoms with van der Waals surface area (Å²) in [5, 5.41) is 3.22. The van der Waals surface area contributed by atoms with E-state index in [4.69, 9.17) is 0 Å². The molecule has 1 aliphatic heterocycles. The van der Waals surface area contributed by atoms with E-state index < -0.39 is 0 Å². The lowest BCUT2D eigenvalue weighted by atomic mass is 10.2. The molecule has 1 heterocycles. The summed E-state index contributed by atoms with van der Waals surface area (Å²) in [5.74, 6) is 0. The van der Waals surface area contributed by atoms with Crippen LogP contribution in [0.3, 0.4) is 0 Å². The molecule has 0 aliphatic carbocycles. The van der Waals surface area contributed by atoms with E-state index in [2.05, 4.69) is 41.2 Å². The van der Waals surface area contributed by atoms with Gasteiger partial charge in [-0.15, -0.1) is 0 Å². The molecule has 13 heavy (non-hydrogen) atoms. The lowest BCUT2D eigenvalue weighted by Crippen LogP contribution is -2.08. The van der Waals surface area contributed by atoms with E-state index in [0.29, 0.717) is 0 Å². The summed E-state index contributed by atoms with van der Waals surface area (Å²) in [6, 6.07) is 10.4. The normalized spacial score (nSPS) is 16.2. The number of hydrogen-bond acceptors (Lipinski definition) is 2. The van der Waals surface area contributed by atoms with Gasteiger partial charge in [-0.05, 0) is 5.56 Å². The second kappa shape index (κ2) is 3.30. The van der Waals surface area contributed by atoms with Crippen molar-refractivity contribution in [1.82, 2.24) is 4.90 Å². The quantitative estimate of drug-likeness (QED) is 0.667. The Morgan fingerprint density at radius 3 is 2.46 bits per heavy atom. The fourth-order valence-electron chi connectivity index (χ4n) is 1.29. The first-order valence-corrected chi connectivity index (χ1v) is 5.02. The van der Waals surface area contributed by atoms with Crippen molar-refractivity contribution in [3.8, 4) is 0 Å². The average molecular weight is 189 g/mol. The summed E-state index contributed by atoms with van der Waals surface area (Å²) in [4.78, 5) is 2.11. The second-order valence-electron chi connectivity index (χ2n) is 2.94. The number of rotatable bonds is 1. The van der Waals surface area contributed by atoms with Crippen molar-refractivity contribution in [2.45, 2.75) is 0 Å². The SMILES string of the molecule is C=C1SC=C(c2ccccc2)N1C. The van der Waals surface area contributed by atoms with Crippen LogP contribution in [0.5, 0.6) is 0 Å². The van der Waals surface area contributed by atoms with E-state index in [0.717, 1.165) is 5.03 Å². The number of benzene rings is 1. The molecule has 1 aromatic carbocycles. The highest BCUT2D eigenvalue weighted by Crippen LogP contribution is 2.36. The molecule has 0 saturated carbocycles. The molecule has 0 unspecified atom stereocenters. The highest BCUT2D eigenvalue weighted by atomic mass is 32.2. The molecule has 2 rings (SSSR count). The van der Waals surface area contributed by atoms with Crippen LogP contribution in [0.4, 0.5) is 0 Å². The summed E-state index contributed by atoms with van der Waals surface area (Å²) >= 11 is 1.68. The topological polar surface area (TPSA) is 3.24 Å². The van der Waals surface area contributed by atoms with Crippen LogP contribution >= 0.6 is 11.8 Å². The molecular formula is C11H11NS. The Morgan fingerprint density at radius 1 is 1.23 bits per heavy atom. The predicted molar refractivity (Wildman–Crippen MR) is 58.9 cm³/mol. The predicted octanol–water partition coefficient (Wildman–Crippen LogP) is 3.13. The fraction of sp³-hybridized carbons (Fsp3) is 0.0909. The minimum absolute atomic E-state index is 1.08.